The van der Waals surface area contributed by atoms with Crippen LogP contribution in [0.4, 0.5) is 11.4 Å². The van der Waals surface area contributed by atoms with Gasteiger partial charge in [0.1, 0.15) is 0 Å². The van der Waals surface area contributed by atoms with Crippen molar-refractivity contribution in [3.05, 3.63) is 60.7 Å². The van der Waals surface area contributed by atoms with E-state index >= 15 is 0 Å². The maximum Gasteiger partial charge on any atom is 0.0681 e. The first-order chi connectivity index (χ1) is 8.27. The molecule has 3 heteroatoms. The van der Waals surface area contributed by atoms with E-state index < -0.39 is 0 Å². The van der Waals surface area contributed by atoms with Gasteiger partial charge in [0.15, 0.2) is 0 Å². The Balaban J connectivity index is 2.48. The SMILES string of the molecule is C=C/C=C(\C=C/CNc1ccccc1N)CO. The molecule has 0 atom stereocenters. The first-order valence-electron chi connectivity index (χ1n) is 5.45. The number of nitrogens with one attached hydrogen (secondary N) is 1. The molecule has 4 N–H and O–H groups in total. The maximum atomic E-state index is 9.01. The van der Waals surface area contributed by atoms with Gasteiger partial charge in [-0.15, -0.1) is 0 Å². The number of hydrogen-bond acceptors (Lipinski definition) is 3. The maximum absolute atomic E-state index is 9.01. The summed E-state index contributed by atoms with van der Waals surface area (Å²) in [6.07, 6.45) is 7.21. The van der Waals surface area contributed by atoms with Crippen LogP contribution in [0.25, 0.3) is 0 Å². The van der Waals surface area contributed by atoms with Crippen molar-refractivity contribution in [1.29, 1.82) is 0 Å². The lowest BCUT2D eigenvalue weighted by Crippen LogP contribution is -2.01. The van der Waals surface area contributed by atoms with E-state index in [9.17, 15) is 0 Å². The fourth-order valence-electron chi connectivity index (χ4n) is 1.35. The van der Waals surface area contributed by atoms with Crippen molar-refractivity contribution >= 4 is 11.4 Å². The molecule has 0 heterocycles. The Kier molecular flexibility index (Phi) is 5.61. The van der Waals surface area contributed by atoms with Crippen molar-refractivity contribution in [1.82, 2.24) is 0 Å². The fourth-order valence-corrected chi connectivity index (χ4v) is 1.35. The summed E-state index contributed by atoms with van der Waals surface area (Å²) in [4.78, 5) is 0. The van der Waals surface area contributed by atoms with Crippen LogP contribution in [0.3, 0.4) is 0 Å². The number of aliphatic hydroxyl groups is 1. The van der Waals surface area contributed by atoms with Gasteiger partial charge in [-0.2, -0.15) is 0 Å². The first-order valence-corrected chi connectivity index (χ1v) is 5.45. The standard InChI is InChI=1S/C14H18N2O/c1-2-6-12(11-17)7-5-10-16-14-9-4-3-8-13(14)15/h2-9,16-17H,1,10-11,15H2/b7-5-,12-6+. The molecule has 0 saturated heterocycles. The molecule has 0 aliphatic rings. The van der Waals surface area contributed by atoms with E-state index in [1.54, 1.807) is 12.2 Å². The lowest BCUT2D eigenvalue weighted by atomic mass is 10.2. The molecule has 1 aromatic rings. The van der Waals surface area contributed by atoms with Crippen molar-refractivity contribution in [3.63, 3.8) is 0 Å². The van der Waals surface area contributed by atoms with Crippen LogP contribution in [0.2, 0.25) is 0 Å². The molecular formula is C14H18N2O. The number of benzene rings is 1. The molecular weight excluding hydrogens is 212 g/mol. The van der Waals surface area contributed by atoms with Crippen LogP contribution in [-0.4, -0.2) is 18.3 Å². The molecule has 0 unspecified atom stereocenters. The largest absolute Gasteiger partial charge is 0.397 e. The molecule has 0 saturated carbocycles. The number of anilines is 2. The van der Waals surface area contributed by atoms with E-state index in [-0.39, 0.29) is 6.61 Å². The van der Waals surface area contributed by atoms with E-state index in [2.05, 4.69) is 11.9 Å². The number of allylic oxidation sites excluding steroid dienone is 2. The van der Waals surface area contributed by atoms with Gasteiger partial charge in [-0.1, -0.05) is 43.0 Å². The monoisotopic (exact) mass is 230 g/mol. The summed E-state index contributed by atoms with van der Waals surface area (Å²) in [6.45, 7) is 4.25. The Bertz CT molecular complexity index is 422. The summed E-state index contributed by atoms with van der Waals surface area (Å²) in [7, 11) is 0. The summed E-state index contributed by atoms with van der Waals surface area (Å²) in [5.74, 6) is 0. The van der Waals surface area contributed by atoms with Gasteiger partial charge in [0.25, 0.3) is 0 Å². The van der Waals surface area contributed by atoms with Gasteiger partial charge in [0, 0.05) is 6.54 Å². The van der Waals surface area contributed by atoms with Crippen LogP contribution in [0.1, 0.15) is 0 Å². The minimum absolute atomic E-state index is 0.00992. The molecule has 17 heavy (non-hydrogen) atoms. The lowest BCUT2D eigenvalue weighted by molar-refractivity contribution is 0.335. The van der Waals surface area contributed by atoms with Crippen molar-refractivity contribution in [3.8, 4) is 0 Å². The van der Waals surface area contributed by atoms with Crippen molar-refractivity contribution in [2.45, 2.75) is 0 Å². The number of rotatable bonds is 6. The third-order valence-corrected chi connectivity index (χ3v) is 2.22. The Hall–Kier alpha value is -2.00. The zero-order chi connectivity index (χ0) is 12.5. The van der Waals surface area contributed by atoms with Crippen LogP contribution >= 0.6 is 0 Å². The second kappa shape index (κ2) is 7.30. The Morgan fingerprint density at radius 1 is 1.41 bits per heavy atom. The summed E-state index contributed by atoms with van der Waals surface area (Å²) in [5.41, 5.74) is 8.25. The molecule has 0 spiro atoms. The van der Waals surface area contributed by atoms with Crippen LogP contribution in [0.5, 0.6) is 0 Å². The molecule has 0 aliphatic carbocycles. The second-order valence-corrected chi connectivity index (χ2v) is 3.51. The molecule has 1 aromatic carbocycles. The third kappa shape index (κ3) is 4.57. The molecule has 0 radical (unpaired) electrons. The first kappa shape index (κ1) is 13.1. The topological polar surface area (TPSA) is 58.3 Å². The number of aliphatic hydroxyl groups excluding tert-OH is 1. The quantitative estimate of drug-likeness (QED) is 0.519. The minimum Gasteiger partial charge on any atom is -0.397 e. The zero-order valence-electron chi connectivity index (χ0n) is 9.76. The van der Waals surface area contributed by atoms with Gasteiger partial charge in [0.05, 0.1) is 18.0 Å². The summed E-state index contributed by atoms with van der Waals surface area (Å²) in [6, 6.07) is 7.60. The fraction of sp³-hybridized carbons (Fsp3) is 0.143. The minimum atomic E-state index is 0.00992. The van der Waals surface area contributed by atoms with E-state index in [1.807, 2.05) is 36.4 Å². The van der Waals surface area contributed by atoms with Crippen molar-refractivity contribution in [2.75, 3.05) is 24.2 Å². The number of para-hydroxylation sites is 2. The van der Waals surface area contributed by atoms with Gasteiger partial charge in [-0.3, -0.25) is 0 Å². The normalized spacial score (nSPS) is 11.7. The van der Waals surface area contributed by atoms with Gasteiger partial charge >= 0.3 is 0 Å². The van der Waals surface area contributed by atoms with Gasteiger partial charge < -0.3 is 16.2 Å². The number of hydrogen-bond donors (Lipinski definition) is 3. The Morgan fingerprint density at radius 3 is 2.82 bits per heavy atom. The molecule has 3 nitrogen and oxygen atoms in total. The third-order valence-electron chi connectivity index (χ3n) is 2.22. The summed E-state index contributed by atoms with van der Waals surface area (Å²) < 4.78 is 0. The highest BCUT2D eigenvalue weighted by Crippen LogP contribution is 2.15. The Morgan fingerprint density at radius 2 is 2.18 bits per heavy atom. The Labute approximate surface area is 102 Å². The van der Waals surface area contributed by atoms with Crippen LogP contribution in [-0.2, 0) is 0 Å². The van der Waals surface area contributed by atoms with E-state index in [0.717, 1.165) is 16.9 Å². The smallest absolute Gasteiger partial charge is 0.0681 e. The van der Waals surface area contributed by atoms with Crippen molar-refractivity contribution in [2.24, 2.45) is 0 Å². The molecule has 0 aromatic heterocycles. The van der Waals surface area contributed by atoms with E-state index in [0.29, 0.717) is 6.54 Å². The summed E-state index contributed by atoms with van der Waals surface area (Å²) >= 11 is 0. The molecule has 0 fully saturated rings. The van der Waals surface area contributed by atoms with Crippen LogP contribution in [0.15, 0.2) is 60.7 Å². The molecule has 0 bridgehead atoms. The van der Waals surface area contributed by atoms with Gasteiger partial charge in [0.2, 0.25) is 0 Å². The second-order valence-electron chi connectivity index (χ2n) is 3.51. The van der Waals surface area contributed by atoms with Gasteiger partial charge in [-0.05, 0) is 17.7 Å². The van der Waals surface area contributed by atoms with Crippen LogP contribution < -0.4 is 11.1 Å². The average Bonchev–Trinajstić information content (AvgIpc) is 2.35. The highest BCUT2D eigenvalue weighted by Gasteiger charge is 1.93. The predicted molar refractivity (Wildman–Crippen MR) is 73.8 cm³/mol. The van der Waals surface area contributed by atoms with Gasteiger partial charge in [-0.25, -0.2) is 0 Å². The van der Waals surface area contributed by atoms with E-state index in [4.69, 9.17) is 10.8 Å². The lowest BCUT2D eigenvalue weighted by Gasteiger charge is -2.06. The van der Waals surface area contributed by atoms with Crippen LogP contribution in [0, 0.1) is 0 Å². The number of nitrogens with two attached hydrogens (primary N) is 1. The zero-order valence-corrected chi connectivity index (χ0v) is 9.76. The number of nitrogen functional groups attached to an aromatic ring is 1. The average molecular weight is 230 g/mol. The van der Waals surface area contributed by atoms with Crippen molar-refractivity contribution < 1.29 is 5.11 Å². The highest BCUT2D eigenvalue weighted by molar-refractivity contribution is 5.65. The molecule has 0 aliphatic heterocycles. The predicted octanol–water partition coefficient (Wildman–Crippen LogP) is 2.34. The summed E-state index contributed by atoms with van der Waals surface area (Å²) in [5, 5.41) is 12.2. The molecule has 0 amide bonds. The molecule has 90 valence electrons. The molecule has 1 rings (SSSR count). The van der Waals surface area contributed by atoms with E-state index in [1.165, 1.54) is 0 Å². The highest BCUT2D eigenvalue weighted by atomic mass is 16.3.